The van der Waals surface area contributed by atoms with Crippen LogP contribution >= 0.6 is 11.6 Å². The first-order valence-corrected chi connectivity index (χ1v) is 29.5. The Labute approximate surface area is 483 Å². The minimum Gasteiger partial charge on any atom is -0.755 e. The third kappa shape index (κ3) is 16.1. The highest BCUT2D eigenvalue weighted by atomic mass is 35.5. The normalized spacial score (nSPS) is 11.6. The molecule has 0 saturated heterocycles. The van der Waals surface area contributed by atoms with E-state index in [9.17, 15) is 40.0 Å². The van der Waals surface area contributed by atoms with Gasteiger partial charge in [0.1, 0.15) is 5.56 Å². The molecule has 24 nitrogen and oxygen atoms in total. The number of hydrogen-bond donors (Lipinski definition) is 6. The Morgan fingerprint density at radius 1 is 0.651 bits per heavy atom. The van der Waals surface area contributed by atoms with Crippen LogP contribution in [0.2, 0.25) is 5.02 Å². The molecule has 1 atom stereocenters. The van der Waals surface area contributed by atoms with Gasteiger partial charge in [-0.15, -0.1) is 0 Å². The number of primary sulfonamides is 2. The van der Waals surface area contributed by atoms with E-state index in [1.54, 1.807) is 91.7 Å². The molecule has 7 aromatic heterocycles. The number of nitrogens with one attached hydrogen (secondary N) is 3. The van der Waals surface area contributed by atoms with E-state index in [4.69, 9.17) is 37.1 Å². The van der Waals surface area contributed by atoms with Gasteiger partial charge in [-0.2, -0.15) is 0 Å². The number of esters is 2. The smallest absolute Gasteiger partial charge is 0.341 e. The zero-order valence-electron chi connectivity index (χ0n) is 45.1. The highest BCUT2D eigenvalue weighted by Gasteiger charge is 2.19. The molecule has 28 heteroatoms. The van der Waals surface area contributed by atoms with Crippen molar-refractivity contribution in [1.82, 2.24) is 39.5 Å². The Bertz CT molecular complexity index is 4330. The monoisotopic (exact) mass is 1200 g/mol. The molecule has 0 aliphatic carbocycles. The van der Waals surface area contributed by atoms with E-state index in [1.807, 2.05) is 39.0 Å². The molecule has 9 N–H and O–H groups in total. The number of hydrogen-bond acceptors (Lipinski definition) is 19. The minimum absolute atomic E-state index is 0.0295. The number of nitrogens with zero attached hydrogens (tertiary/aromatic N) is 7. The third-order valence-corrected chi connectivity index (χ3v) is 14.7. The molecule has 0 aliphatic rings. The predicted octanol–water partition coefficient (Wildman–Crippen LogP) is 6.77. The lowest BCUT2D eigenvalue weighted by Gasteiger charge is -2.14. The maximum Gasteiger partial charge on any atom is 0.341 e. The van der Waals surface area contributed by atoms with Crippen LogP contribution in [0, 0.1) is 20.8 Å². The van der Waals surface area contributed by atoms with Gasteiger partial charge in [0.05, 0.1) is 79.6 Å². The average Bonchev–Trinajstić information content (AvgIpc) is 3.92. The fraction of sp³-hybridized carbons (Fsp3) is 0.182. The topological polar surface area (TPSA) is 378 Å². The molecule has 3 aromatic carbocycles. The molecule has 0 aliphatic heterocycles. The Kier molecular flexibility index (Phi) is 20.4. The molecule has 0 radical (unpaired) electrons. The van der Waals surface area contributed by atoms with Gasteiger partial charge >= 0.3 is 17.6 Å². The van der Waals surface area contributed by atoms with Gasteiger partial charge in [-0.25, -0.2) is 41.5 Å². The van der Waals surface area contributed by atoms with Gasteiger partial charge in [-0.05, 0) is 106 Å². The van der Waals surface area contributed by atoms with E-state index in [0.717, 1.165) is 50.2 Å². The number of rotatable bonds is 14. The van der Waals surface area contributed by atoms with Gasteiger partial charge in [0.15, 0.2) is 0 Å². The highest BCUT2D eigenvalue weighted by Crippen LogP contribution is 2.29. The van der Waals surface area contributed by atoms with Crippen molar-refractivity contribution in [3.8, 4) is 0 Å². The zero-order valence-corrected chi connectivity index (χ0v) is 48.3. The number of nitrogens with two attached hydrogens (primary N) is 3. The Morgan fingerprint density at radius 2 is 1.11 bits per heavy atom. The standard InChI is InChI=1S/C19H20N4O4S.C17H15N5O3S.C12H11ClN2O2.C7H10N2O2S/c1-3-27-19(24)16-11-22-17-8-12(2)21-10-15(17)18(16)23-9-13-4-6-14(7-5-13)28(20,25)26;1-10-6-14-13(7-19-10)16-15(8-20-14)21-17(23)22(16)9-11-2-4-12(5-3-11)26(18,24)25;1-3-17-12(16)9-6-15-10-4-7(2)14-5-8(10)11(9)13;8-5-6-1-3-7(4-2-6)9-12(10)11/h4-8,10-11H,3,9H2,1-2H3,(H,22,23)(H2,20,25,26);2-8H,9H2,1H3,(H,21,23)(H2,18,24,25);4-6H,3H2,1-2H3;1-4,9H,5,8H2,(H,10,11)/p-1. The summed E-state index contributed by atoms with van der Waals surface area (Å²) in [5.41, 5.74) is 15.3. The molecule has 0 fully saturated rings. The van der Waals surface area contributed by atoms with Gasteiger partial charge in [0.25, 0.3) is 0 Å². The number of imidazole rings is 1. The van der Waals surface area contributed by atoms with Crippen LogP contribution in [0.1, 0.15) is 68.3 Å². The molecule has 0 amide bonds. The summed E-state index contributed by atoms with van der Waals surface area (Å²) in [7, 11) is -7.49. The number of aryl methyl sites for hydroxylation is 3. The minimum atomic E-state index is -3.75. The molecule has 0 bridgehead atoms. The van der Waals surface area contributed by atoms with Crippen LogP contribution in [0.3, 0.4) is 0 Å². The number of H-pyrrole nitrogens is 1. The number of anilines is 2. The van der Waals surface area contributed by atoms with Crippen molar-refractivity contribution in [2.24, 2.45) is 16.0 Å². The number of pyridine rings is 6. The molecular weight excluding hydrogens is 1150 g/mol. The molecule has 10 aromatic rings. The number of sulfonamides is 2. The van der Waals surface area contributed by atoms with Crippen molar-refractivity contribution in [3.05, 3.63) is 189 Å². The molecule has 7 heterocycles. The molecule has 10 rings (SSSR count). The zero-order chi connectivity index (χ0) is 60.2. The van der Waals surface area contributed by atoms with E-state index < -0.39 is 43.3 Å². The Morgan fingerprint density at radius 3 is 1.63 bits per heavy atom. The number of ether oxygens (including phenoxy) is 2. The van der Waals surface area contributed by atoms with Crippen LogP contribution in [-0.2, 0) is 60.4 Å². The number of carbonyl (C=O) groups is 2. The second-order valence-electron chi connectivity index (χ2n) is 18.0. The van der Waals surface area contributed by atoms with Gasteiger partial charge in [0.2, 0.25) is 20.0 Å². The number of aromatic nitrogens is 8. The SMILES string of the molecule is CCOC(=O)c1cnc2cc(C)ncc2c1Cl.CCOC(=O)c1cnc2cc(C)ncc2c1NCc1ccc(S(N)(=O)=O)cc1.Cc1cc2ncc3[nH]c(=O)n(Cc4ccc(S(N)(=O)=O)cc4)c3c2cn1.NCc1ccc(NS(=O)[O-])cc1. The van der Waals surface area contributed by atoms with Crippen LogP contribution in [0.25, 0.3) is 43.7 Å². The van der Waals surface area contributed by atoms with Crippen LogP contribution in [-0.4, -0.2) is 90.2 Å². The summed E-state index contributed by atoms with van der Waals surface area (Å²) in [5, 5.41) is 15.9. The van der Waals surface area contributed by atoms with Crippen LogP contribution < -0.4 is 31.7 Å². The van der Waals surface area contributed by atoms with Crippen molar-refractivity contribution in [3.63, 3.8) is 0 Å². The number of benzene rings is 3. The summed E-state index contributed by atoms with van der Waals surface area (Å²) in [5.74, 6) is -0.947. The molecule has 83 heavy (non-hydrogen) atoms. The second-order valence-corrected chi connectivity index (χ2v) is 22.2. The first-order chi connectivity index (χ1) is 39.5. The third-order valence-electron chi connectivity index (χ3n) is 12.0. The fourth-order valence-electron chi connectivity index (χ4n) is 8.00. The average molecular weight is 1210 g/mol. The van der Waals surface area contributed by atoms with Gasteiger partial charge in [-0.1, -0.05) is 48.0 Å². The van der Waals surface area contributed by atoms with Gasteiger partial charge < -0.3 is 34.8 Å². The van der Waals surface area contributed by atoms with E-state index in [1.165, 1.54) is 36.7 Å². The maximum absolute atomic E-state index is 12.4. The summed E-state index contributed by atoms with van der Waals surface area (Å²) < 4.78 is 79.7. The lowest BCUT2D eigenvalue weighted by Crippen LogP contribution is -2.17. The lowest BCUT2D eigenvalue weighted by molar-refractivity contribution is 0.0517. The summed E-state index contributed by atoms with van der Waals surface area (Å²) in [6.45, 7) is 10.7. The first-order valence-electron chi connectivity index (χ1n) is 24.9. The van der Waals surface area contributed by atoms with Crippen LogP contribution in [0.15, 0.2) is 143 Å². The van der Waals surface area contributed by atoms with E-state index in [-0.39, 0.29) is 34.2 Å². The largest absolute Gasteiger partial charge is 0.755 e. The fourth-order valence-corrected chi connectivity index (χ4v) is 9.63. The number of carbonyl (C=O) groups excluding carboxylic acids is 2. The molecule has 432 valence electrons. The van der Waals surface area contributed by atoms with Crippen molar-refractivity contribution in [1.29, 1.82) is 0 Å². The van der Waals surface area contributed by atoms with Crippen molar-refractivity contribution >= 4 is 110 Å². The number of aromatic amines is 1. The number of halogens is 1. The summed E-state index contributed by atoms with van der Waals surface area (Å²) >= 11 is 3.89. The summed E-state index contributed by atoms with van der Waals surface area (Å²) in [6.07, 6.45) is 9.51. The molecule has 1 unspecified atom stereocenters. The van der Waals surface area contributed by atoms with E-state index in [2.05, 4.69) is 44.9 Å². The van der Waals surface area contributed by atoms with Crippen LogP contribution in [0.4, 0.5) is 11.4 Å². The van der Waals surface area contributed by atoms with Crippen LogP contribution in [0.5, 0.6) is 0 Å². The van der Waals surface area contributed by atoms with Gasteiger partial charge in [0, 0.05) is 94.3 Å². The maximum atomic E-state index is 12.4. The highest BCUT2D eigenvalue weighted by molar-refractivity contribution is 7.89. The molecule has 0 spiro atoms. The van der Waals surface area contributed by atoms with E-state index >= 15 is 0 Å². The molecular formula is C55H55ClN13O11S3-. The summed E-state index contributed by atoms with van der Waals surface area (Å²) in [4.78, 5) is 64.9. The van der Waals surface area contributed by atoms with Crippen molar-refractivity contribution < 1.29 is 44.7 Å². The first kappa shape index (κ1) is 61.9. The number of fused-ring (bicyclic) bond motifs is 5. The van der Waals surface area contributed by atoms with Crippen molar-refractivity contribution in [2.45, 2.75) is 64.0 Å². The quantitative estimate of drug-likeness (QED) is 0.0483. The predicted molar refractivity (Wildman–Crippen MR) is 315 cm³/mol. The molecule has 0 saturated carbocycles. The Balaban J connectivity index is 0.000000166. The van der Waals surface area contributed by atoms with Crippen molar-refractivity contribution in [2.75, 3.05) is 23.3 Å². The Hall–Kier alpha value is -8.67. The summed E-state index contributed by atoms with van der Waals surface area (Å²) in [6, 6.07) is 24.7. The lowest BCUT2D eigenvalue weighted by atomic mass is 10.1. The van der Waals surface area contributed by atoms with E-state index in [0.29, 0.717) is 69.0 Å². The van der Waals surface area contributed by atoms with Gasteiger partial charge in [-0.3, -0.25) is 38.7 Å². The second kappa shape index (κ2) is 27.4.